The maximum absolute atomic E-state index is 13.0. The van der Waals surface area contributed by atoms with E-state index in [9.17, 15) is 13.2 Å². The Kier molecular flexibility index (Phi) is 3.17. The van der Waals surface area contributed by atoms with Crippen molar-refractivity contribution in [3.63, 3.8) is 0 Å². The van der Waals surface area contributed by atoms with Gasteiger partial charge in [-0.2, -0.15) is 13.2 Å². The maximum atomic E-state index is 13.0. The lowest BCUT2D eigenvalue weighted by Crippen LogP contribution is -2.04. The number of halogens is 3. The average molecular weight is 292 g/mol. The Hall–Kier alpha value is -2.34. The van der Waals surface area contributed by atoms with Crippen molar-refractivity contribution in [2.75, 3.05) is 0 Å². The summed E-state index contributed by atoms with van der Waals surface area (Å²) in [7, 11) is 0. The van der Waals surface area contributed by atoms with Crippen LogP contribution in [-0.2, 0) is 12.7 Å². The number of furan rings is 1. The molecule has 0 atom stereocenters. The average Bonchev–Trinajstić information content (AvgIpc) is 2.90. The highest BCUT2D eigenvalue weighted by atomic mass is 19.4. The van der Waals surface area contributed by atoms with Crippen LogP contribution >= 0.6 is 0 Å². The van der Waals surface area contributed by atoms with E-state index in [0.29, 0.717) is 12.2 Å². The van der Waals surface area contributed by atoms with E-state index in [-0.39, 0.29) is 16.7 Å². The van der Waals surface area contributed by atoms with Crippen LogP contribution in [0, 0.1) is 0 Å². The third-order valence-electron chi connectivity index (χ3n) is 3.18. The van der Waals surface area contributed by atoms with Gasteiger partial charge in [0.2, 0.25) is 0 Å². The molecule has 0 fully saturated rings. The second kappa shape index (κ2) is 4.89. The SMILES string of the molecule is NCc1ccnc(-c2cc3c(C(F)(F)F)cccc3o2)c1. The molecule has 0 aliphatic carbocycles. The molecule has 0 bridgehead atoms. The quantitative estimate of drug-likeness (QED) is 0.777. The van der Waals surface area contributed by atoms with Crippen LogP contribution in [0.15, 0.2) is 47.0 Å². The lowest BCUT2D eigenvalue weighted by molar-refractivity contribution is -0.136. The van der Waals surface area contributed by atoms with Crippen LogP contribution in [0.5, 0.6) is 0 Å². The molecule has 21 heavy (non-hydrogen) atoms. The van der Waals surface area contributed by atoms with E-state index in [1.54, 1.807) is 18.3 Å². The van der Waals surface area contributed by atoms with Crippen molar-refractivity contribution in [2.45, 2.75) is 12.7 Å². The van der Waals surface area contributed by atoms with Gasteiger partial charge in [0, 0.05) is 18.1 Å². The Labute approximate surface area is 118 Å². The molecule has 0 amide bonds. The van der Waals surface area contributed by atoms with Crippen LogP contribution in [0.4, 0.5) is 13.2 Å². The number of hydrogen-bond acceptors (Lipinski definition) is 3. The van der Waals surface area contributed by atoms with E-state index in [2.05, 4.69) is 4.98 Å². The summed E-state index contributed by atoms with van der Waals surface area (Å²) in [6.07, 6.45) is -2.87. The molecule has 0 saturated heterocycles. The van der Waals surface area contributed by atoms with Crippen LogP contribution in [0.3, 0.4) is 0 Å². The molecule has 0 aliphatic rings. The number of nitrogens with zero attached hydrogens (tertiary/aromatic N) is 1. The van der Waals surface area contributed by atoms with Crippen molar-refractivity contribution in [1.82, 2.24) is 4.98 Å². The largest absolute Gasteiger partial charge is 0.454 e. The van der Waals surface area contributed by atoms with E-state index < -0.39 is 11.7 Å². The van der Waals surface area contributed by atoms with Crippen LogP contribution < -0.4 is 5.73 Å². The van der Waals surface area contributed by atoms with Crippen LogP contribution in [0.2, 0.25) is 0 Å². The van der Waals surface area contributed by atoms with Gasteiger partial charge in [-0.3, -0.25) is 4.98 Å². The fourth-order valence-corrected chi connectivity index (χ4v) is 2.17. The zero-order valence-electron chi connectivity index (χ0n) is 10.8. The molecular formula is C15H11F3N2O. The number of pyridine rings is 1. The summed E-state index contributed by atoms with van der Waals surface area (Å²) >= 11 is 0. The summed E-state index contributed by atoms with van der Waals surface area (Å²) in [5.41, 5.74) is 6.30. The van der Waals surface area contributed by atoms with E-state index in [1.807, 2.05) is 0 Å². The first kappa shape index (κ1) is 13.6. The first-order valence-electron chi connectivity index (χ1n) is 6.24. The summed E-state index contributed by atoms with van der Waals surface area (Å²) in [4.78, 5) is 4.11. The highest BCUT2D eigenvalue weighted by Gasteiger charge is 2.33. The smallest absolute Gasteiger partial charge is 0.417 e. The van der Waals surface area contributed by atoms with Crippen LogP contribution in [-0.4, -0.2) is 4.98 Å². The molecular weight excluding hydrogens is 281 g/mol. The fraction of sp³-hybridized carbons (Fsp3) is 0.133. The molecule has 3 nitrogen and oxygen atoms in total. The number of benzene rings is 1. The normalized spacial score (nSPS) is 12.0. The molecule has 3 rings (SSSR count). The van der Waals surface area contributed by atoms with Crippen molar-refractivity contribution < 1.29 is 17.6 Å². The molecule has 2 heterocycles. The van der Waals surface area contributed by atoms with Gasteiger partial charge in [0.1, 0.15) is 11.3 Å². The third-order valence-corrected chi connectivity index (χ3v) is 3.18. The second-order valence-electron chi connectivity index (χ2n) is 4.58. The van der Waals surface area contributed by atoms with Gasteiger partial charge in [0.15, 0.2) is 5.76 Å². The zero-order chi connectivity index (χ0) is 15.0. The predicted octanol–water partition coefficient (Wildman–Crippen LogP) is 3.97. The van der Waals surface area contributed by atoms with Crippen LogP contribution in [0.1, 0.15) is 11.1 Å². The van der Waals surface area contributed by atoms with Crippen molar-refractivity contribution in [3.8, 4) is 11.5 Å². The predicted molar refractivity (Wildman–Crippen MR) is 72.3 cm³/mol. The minimum Gasteiger partial charge on any atom is -0.454 e. The Balaban J connectivity index is 2.17. The molecule has 0 spiro atoms. The fourth-order valence-electron chi connectivity index (χ4n) is 2.17. The highest BCUT2D eigenvalue weighted by molar-refractivity contribution is 5.85. The van der Waals surface area contributed by atoms with E-state index in [0.717, 1.165) is 11.6 Å². The minimum absolute atomic E-state index is 0.0277. The topological polar surface area (TPSA) is 52.0 Å². The summed E-state index contributed by atoms with van der Waals surface area (Å²) in [5.74, 6) is 0.289. The minimum atomic E-state index is -4.42. The van der Waals surface area contributed by atoms with Gasteiger partial charge in [-0.05, 0) is 35.9 Å². The van der Waals surface area contributed by atoms with Gasteiger partial charge in [0.25, 0.3) is 0 Å². The lowest BCUT2D eigenvalue weighted by Gasteiger charge is -2.06. The number of nitrogens with two attached hydrogens (primary N) is 1. The monoisotopic (exact) mass is 292 g/mol. The summed E-state index contributed by atoms with van der Waals surface area (Å²) in [6, 6.07) is 8.66. The van der Waals surface area contributed by atoms with Crippen molar-refractivity contribution in [2.24, 2.45) is 5.73 Å². The van der Waals surface area contributed by atoms with Gasteiger partial charge in [-0.25, -0.2) is 0 Å². The summed E-state index contributed by atoms with van der Waals surface area (Å²) in [6.45, 7) is 0.323. The number of rotatable bonds is 2. The number of fused-ring (bicyclic) bond motifs is 1. The first-order valence-corrected chi connectivity index (χ1v) is 6.24. The molecule has 108 valence electrons. The van der Waals surface area contributed by atoms with Gasteiger partial charge in [0.05, 0.1) is 5.56 Å². The van der Waals surface area contributed by atoms with Crippen molar-refractivity contribution >= 4 is 11.0 Å². The highest BCUT2D eigenvalue weighted by Crippen LogP contribution is 2.37. The second-order valence-corrected chi connectivity index (χ2v) is 4.58. The van der Waals surface area contributed by atoms with E-state index >= 15 is 0 Å². The third kappa shape index (κ3) is 2.50. The first-order chi connectivity index (χ1) is 9.99. The zero-order valence-corrected chi connectivity index (χ0v) is 10.8. The number of hydrogen-bond donors (Lipinski definition) is 1. The van der Waals surface area contributed by atoms with Crippen molar-refractivity contribution in [3.05, 3.63) is 53.7 Å². The Morgan fingerprint density at radius 1 is 1.14 bits per heavy atom. The summed E-state index contributed by atoms with van der Waals surface area (Å²) in [5, 5.41) is 0.0277. The van der Waals surface area contributed by atoms with E-state index in [1.165, 1.54) is 18.2 Å². The molecule has 0 aliphatic heterocycles. The standard InChI is InChI=1S/C15H11F3N2O/c16-15(17,18)11-2-1-3-13-10(11)7-14(21-13)12-6-9(8-19)4-5-20-12/h1-7H,8,19H2. The molecule has 2 N–H and O–H groups in total. The van der Waals surface area contributed by atoms with Gasteiger partial charge < -0.3 is 10.2 Å². The Bertz CT molecular complexity index is 793. The molecule has 6 heteroatoms. The van der Waals surface area contributed by atoms with Gasteiger partial charge in [-0.15, -0.1) is 0 Å². The Morgan fingerprint density at radius 2 is 1.95 bits per heavy atom. The lowest BCUT2D eigenvalue weighted by atomic mass is 10.1. The summed E-state index contributed by atoms with van der Waals surface area (Å²) < 4.78 is 44.4. The molecule has 2 aromatic heterocycles. The molecule has 0 saturated carbocycles. The molecule has 1 aromatic carbocycles. The number of alkyl halides is 3. The maximum Gasteiger partial charge on any atom is 0.417 e. The van der Waals surface area contributed by atoms with Crippen molar-refractivity contribution in [1.29, 1.82) is 0 Å². The van der Waals surface area contributed by atoms with E-state index in [4.69, 9.17) is 10.2 Å². The number of aromatic nitrogens is 1. The molecule has 0 radical (unpaired) electrons. The Morgan fingerprint density at radius 3 is 2.67 bits per heavy atom. The molecule has 0 unspecified atom stereocenters. The van der Waals surface area contributed by atoms with Gasteiger partial charge >= 0.3 is 6.18 Å². The van der Waals surface area contributed by atoms with Gasteiger partial charge in [-0.1, -0.05) is 6.07 Å². The van der Waals surface area contributed by atoms with Crippen LogP contribution in [0.25, 0.3) is 22.4 Å². The molecule has 3 aromatic rings.